The molecule has 1 atom stereocenters. The molecule has 18 heavy (non-hydrogen) atoms. The summed E-state index contributed by atoms with van der Waals surface area (Å²) in [6.07, 6.45) is 4.73. The topological polar surface area (TPSA) is 41.1 Å². The lowest BCUT2D eigenvalue weighted by Gasteiger charge is -2.18. The molecule has 1 amide bonds. The second-order valence-corrected chi connectivity index (χ2v) is 6.11. The second-order valence-electron chi connectivity index (χ2n) is 4.86. The van der Waals surface area contributed by atoms with E-state index in [9.17, 15) is 4.79 Å². The number of amides is 1. The Morgan fingerprint density at radius 2 is 1.89 bits per heavy atom. The van der Waals surface area contributed by atoms with Gasteiger partial charge in [-0.2, -0.15) is 0 Å². The molecule has 0 heterocycles. The van der Waals surface area contributed by atoms with E-state index in [0.717, 1.165) is 18.5 Å². The van der Waals surface area contributed by atoms with Crippen molar-refractivity contribution in [2.75, 3.05) is 5.32 Å². The first kappa shape index (κ1) is 13.6. The molecule has 0 aliphatic heterocycles. The SMILES string of the molecule is C[C@H](Nc1ccc(I)cc1)C(=O)NC1CCCC1. The zero-order valence-electron chi connectivity index (χ0n) is 10.6. The largest absolute Gasteiger partial charge is 0.374 e. The highest BCUT2D eigenvalue weighted by Gasteiger charge is 2.20. The van der Waals surface area contributed by atoms with Crippen molar-refractivity contribution < 1.29 is 4.79 Å². The molecule has 1 aliphatic carbocycles. The van der Waals surface area contributed by atoms with E-state index >= 15 is 0 Å². The lowest BCUT2D eigenvalue weighted by molar-refractivity contribution is -0.122. The Morgan fingerprint density at radius 1 is 1.28 bits per heavy atom. The smallest absolute Gasteiger partial charge is 0.242 e. The van der Waals surface area contributed by atoms with Crippen molar-refractivity contribution in [3.8, 4) is 0 Å². The lowest BCUT2D eigenvalue weighted by Crippen LogP contribution is -2.42. The van der Waals surface area contributed by atoms with E-state index in [4.69, 9.17) is 0 Å². The van der Waals surface area contributed by atoms with Gasteiger partial charge in [-0.1, -0.05) is 12.8 Å². The molecule has 1 aromatic rings. The maximum atomic E-state index is 12.0. The van der Waals surface area contributed by atoms with E-state index in [1.165, 1.54) is 16.4 Å². The van der Waals surface area contributed by atoms with E-state index in [0.29, 0.717) is 6.04 Å². The standard InChI is InChI=1S/C14H19IN2O/c1-10(14(18)17-12-4-2-3-5-12)16-13-8-6-11(15)7-9-13/h6-10,12,16H,2-5H2,1H3,(H,17,18)/t10-/m0/s1. The number of anilines is 1. The van der Waals surface area contributed by atoms with E-state index in [1.807, 2.05) is 31.2 Å². The van der Waals surface area contributed by atoms with Crippen LogP contribution in [0.3, 0.4) is 0 Å². The number of benzene rings is 1. The summed E-state index contributed by atoms with van der Waals surface area (Å²) in [5.74, 6) is 0.0976. The summed E-state index contributed by atoms with van der Waals surface area (Å²) < 4.78 is 1.20. The summed E-state index contributed by atoms with van der Waals surface area (Å²) in [7, 11) is 0. The van der Waals surface area contributed by atoms with Crippen molar-refractivity contribution in [1.82, 2.24) is 5.32 Å². The fraction of sp³-hybridized carbons (Fsp3) is 0.500. The summed E-state index contributed by atoms with van der Waals surface area (Å²) in [6.45, 7) is 1.91. The van der Waals surface area contributed by atoms with Crippen molar-refractivity contribution in [1.29, 1.82) is 0 Å². The van der Waals surface area contributed by atoms with Gasteiger partial charge in [0.15, 0.2) is 0 Å². The monoisotopic (exact) mass is 358 g/mol. The molecule has 1 saturated carbocycles. The third-order valence-corrected chi connectivity index (χ3v) is 4.04. The van der Waals surface area contributed by atoms with Crippen molar-refractivity contribution >= 4 is 34.2 Å². The summed E-state index contributed by atoms with van der Waals surface area (Å²) in [5, 5.41) is 6.33. The highest BCUT2D eigenvalue weighted by atomic mass is 127. The van der Waals surface area contributed by atoms with Crippen LogP contribution in [0, 0.1) is 3.57 Å². The van der Waals surface area contributed by atoms with Crippen LogP contribution in [0.4, 0.5) is 5.69 Å². The Kier molecular flexibility index (Phi) is 4.86. The summed E-state index contributed by atoms with van der Waals surface area (Å²) in [6, 6.07) is 8.26. The van der Waals surface area contributed by atoms with Gasteiger partial charge < -0.3 is 10.6 Å². The molecule has 98 valence electrons. The Balaban J connectivity index is 1.84. The van der Waals surface area contributed by atoms with Gasteiger partial charge in [0.2, 0.25) is 5.91 Å². The first-order valence-corrected chi connectivity index (χ1v) is 7.55. The number of hydrogen-bond donors (Lipinski definition) is 2. The molecule has 0 radical (unpaired) electrons. The van der Waals surface area contributed by atoms with Crippen LogP contribution in [0.25, 0.3) is 0 Å². The molecule has 0 saturated heterocycles. The van der Waals surface area contributed by atoms with Gasteiger partial charge in [0.25, 0.3) is 0 Å². The van der Waals surface area contributed by atoms with Crippen LogP contribution >= 0.6 is 22.6 Å². The number of halogens is 1. The van der Waals surface area contributed by atoms with Gasteiger partial charge in [-0.05, 0) is 66.6 Å². The summed E-state index contributed by atoms with van der Waals surface area (Å²) in [5.41, 5.74) is 0.990. The first-order chi connectivity index (χ1) is 8.65. The molecule has 2 N–H and O–H groups in total. The zero-order valence-corrected chi connectivity index (χ0v) is 12.7. The predicted octanol–water partition coefficient (Wildman–Crippen LogP) is 3.15. The van der Waals surface area contributed by atoms with Gasteiger partial charge in [0.1, 0.15) is 6.04 Å². The third kappa shape index (κ3) is 3.86. The normalized spacial score (nSPS) is 17.4. The number of nitrogens with one attached hydrogen (secondary N) is 2. The lowest BCUT2D eigenvalue weighted by atomic mass is 10.2. The Bertz CT molecular complexity index is 399. The molecule has 1 fully saturated rings. The van der Waals surface area contributed by atoms with Gasteiger partial charge in [-0.15, -0.1) is 0 Å². The Hall–Kier alpha value is -0.780. The second kappa shape index (κ2) is 6.41. The minimum Gasteiger partial charge on any atom is -0.374 e. The van der Waals surface area contributed by atoms with Gasteiger partial charge in [-0.25, -0.2) is 0 Å². The zero-order chi connectivity index (χ0) is 13.0. The average molecular weight is 358 g/mol. The van der Waals surface area contributed by atoms with Crippen LogP contribution in [0.1, 0.15) is 32.6 Å². The summed E-state index contributed by atoms with van der Waals surface area (Å²) in [4.78, 5) is 12.0. The third-order valence-electron chi connectivity index (χ3n) is 3.32. The Labute approximate surface area is 122 Å². The molecule has 1 aromatic carbocycles. The maximum Gasteiger partial charge on any atom is 0.242 e. The quantitative estimate of drug-likeness (QED) is 0.812. The minimum atomic E-state index is -0.189. The van der Waals surface area contributed by atoms with Crippen LogP contribution in [-0.4, -0.2) is 18.0 Å². The highest BCUT2D eigenvalue weighted by molar-refractivity contribution is 14.1. The molecule has 4 heteroatoms. The van der Waals surface area contributed by atoms with Crippen LogP contribution in [0.15, 0.2) is 24.3 Å². The number of rotatable bonds is 4. The fourth-order valence-electron chi connectivity index (χ4n) is 2.26. The molecule has 1 aliphatic rings. The van der Waals surface area contributed by atoms with Crippen molar-refractivity contribution in [2.45, 2.75) is 44.7 Å². The molecular weight excluding hydrogens is 339 g/mol. The average Bonchev–Trinajstić information content (AvgIpc) is 2.85. The summed E-state index contributed by atoms with van der Waals surface area (Å²) >= 11 is 2.27. The van der Waals surface area contributed by atoms with Gasteiger partial charge in [0, 0.05) is 15.3 Å². The number of hydrogen-bond acceptors (Lipinski definition) is 2. The van der Waals surface area contributed by atoms with Gasteiger partial charge in [0.05, 0.1) is 0 Å². The number of carbonyl (C=O) groups is 1. The molecule has 3 nitrogen and oxygen atoms in total. The van der Waals surface area contributed by atoms with Crippen LogP contribution < -0.4 is 10.6 Å². The molecule has 0 spiro atoms. The van der Waals surface area contributed by atoms with Gasteiger partial charge >= 0.3 is 0 Å². The van der Waals surface area contributed by atoms with E-state index < -0.39 is 0 Å². The maximum absolute atomic E-state index is 12.0. The fourth-order valence-corrected chi connectivity index (χ4v) is 2.62. The minimum absolute atomic E-state index is 0.0976. The molecule has 0 aromatic heterocycles. The van der Waals surface area contributed by atoms with Crippen molar-refractivity contribution in [2.24, 2.45) is 0 Å². The van der Waals surface area contributed by atoms with E-state index in [-0.39, 0.29) is 11.9 Å². The van der Waals surface area contributed by atoms with Crippen molar-refractivity contribution in [3.05, 3.63) is 27.8 Å². The molecule has 2 rings (SSSR count). The predicted molar refractivity (Wildman–Crippen MR) is 82.6 cm³/mol. The van der Waals surface area contributed by atoms with Gasteiger partial charge in [-0.3, -0.25) is 4.79 Å². The van der Waals surface area contributed by atoms with Crippen LogP contribution in [0.5, 0.6) is 0 Å². The van der Waals surface area contributed by atoms with Crippen LogP contribution in [0.2, 0.25) is 0 Å². The van der Waals surface area contributed by atoms with E-state index in [2.05, 4.69) is 33.2 Å². The molecular formula is C14H19IN2O. The molecule has 0 bridgehead atoms. The first-order valence-electron chi connectivity index (χ1n) is 6.47. The van der Waals surface area contributed by atoms with E-state index in [1.54, 1.807) is 0 Å². The Morgan fingerprint density at radius 3 is 2.50 bits per heavy atom. The van der Waals surface area contributed by atoms with Crippen LogP contribution in [-0.2, 0) is 4.79 Å². The molecule has 0 unspecified atom stereocenters. The number of carbonyl (C=O) groups excluding carboxylic acids is 1. The highest BCUT2D eigenvalue weighted by Crippen LogP contribution is 2.18. The van der Waals surface area contributed by atoms with Crippen molar-refractivity contribution in [3.63, 3.8) is 0 Å².